The highest BCUT2D eigenvalue weighted by atomic mass is 79.9. The van der Waals surface area contributed by atoms with Crippen molar-refractivity contribution >= 4 is 27.5 Å². The first kappa shape index (κ1) is 14.2. The molecule has 0 radical (unpaired) electrons. The number of amides is 1. The summed E-state index contributed by atoms with van der Waals surface area (Å²) in [7, 11) is 1.53. The number of halogens is 1. The van der Waals surface area contributed by atoms with Gasteiger partial charge < -0.3 is 20.3 Å². The third kappa shape index (κ3) is 3.21. The summed E-state index contributed by atoms with van der Waals surface area (Å²) in [4.78, 5) is 12.0. The molecule has 2 aromatic rings. The van der Waals surface area contributed by atoms with E-state index in [0.717, 1.165) is 10.5 Å². The van der Waals surface area contributed by atoms with Gasteiger partial charge in [0.2, 0.25) is 0 Å². The molecule has 0 aliphatic heterocycles. The minimum absolute atomic E-state index is 0.0711. The van der Waals surface area contributed by atoms with E-state index >= 15 is 0 Å². The lowest BCUT2D eigenvalue weighted by molar-refractivity contribution is 0.102. The highest BCUT2D eigenvalue weighted by Crippen LogP contribution is 2.27. The number of phenols is 2. The van der Waals surface area contributed by atoms with E-state index in [-0.39, 0.29) is 17.1 Å². The molecule has 6 heteroatoms. The lowest BCUT2D eigenvalue weighted by atomic mass is 10.1. The summed E-state index contributed by atoms with van der Waals surface area (Å²) in [6.45, 7) is 0. The molecule has 0 aliphatic carbocycles. The number of anilines is 1. The fourth-order valence-electron chi connectivity index (χ4n) is 1.66. The number of aromatic hydroxyl groups is 2. The van der Waals surface area contributed by atoms with E-state index < -0.39 is 5.91 Å². The number of hydrogen-bond donors (Lipinski definition) is 3. The second kappa shape index (κ2) is 5.83. The lowest BCUT2D eigenvalue weighted by Crippen LogP contribution is -2.12. The molecule has 0 atom stereocenters. The van der Waals surface area contributed by atoms with Gasteiger partial charge in [-0.15, -0.1) is 0 Å². The summed E-state index contributed by atoms with van der Waals surface area (Å²) >= 11 is 3.31. The Morgan fingerprint density at radius 2 is 1.95 bits per heavy atom. The van der Waals surface area contributed by atoms with Crippen LogP contribution in [0.1, 0.15) is 10.4 Å². The van der Waals surface area contributed by atoms with Crippen LogP contribution in [0.25, 0.3) is 0 Å². The Morgan fingerprint density at radius 3 is 2.60 bits per heavy atom. The number of ether oxygens (including phenoxy) is 1. The van der Waals surface area contributed by atoms with Crippen LogP contribution in [-0.4, -0.2) is 23.2 Å². The topological polar surface area (TPSA) is 78.8 Å². The molecule has 0 bridgehead atoms. The smallest absolute Gasteiger partial charge is 0.259 e. The van der Waals surface area contributed by atoms with E-state index in [9.17, 15) is 15.0 Å². The molecule has 0 heterocycles. The van der Waals surface area contributed by atoms with Gasteiger partial charge in [0.1, 0.15) is 17.2 Å². The Morgan fingerprint density at radius 1 is 1.20 bits per heavy atom. The Bertz CT molecular complexity index is 658. The van der Waals surface area contributed by atoms with Gasteiger partial charge in [-0.3, -0.25) is 4.79 Å². The summed E-state index contributed by atoms with van der Waals surface area (Å²) < 4.78 is 5.85. The summed E-state index contributed by atoms with van der Waals surface area (Å²) in [5.41, 5.74) is 0.593. The van der Waals surface area contributed by atoms with Gasteiger partial charge >= 0.3 is 0 Å². The van der Waals surface area contributed by atoms with Crippen LogP contribution >= 0.6 is 15.9 Å². The van der Waals surface area contributed by atoms with E-state index in [1.54, 1.807) is 18.2 Å². The van der Waals surface area contributed by atoms with Crippen LogP contribution in [-0.2, 0) is 0 Å². The van der Waals surface area contributed by atoms with E-state index in [1.165, 1.54) is 19.2 Å². The molecule has 5 nitrogen and oxygen atoms in total. The predicted molar refractivity (Wildman–Crippen MR) is 78.4 cm³/mol. The molecule has 3 N–H and O–H groups in total. The molecule has 1 amide bonds. The molecule has 0 spiro atoms. The van der Waals surface area contributed by atoms with Gasteiger partial charge in [-0.2, -0.15) is 0 Å². The first-order chi connectivity index (χ1) is 9.49. The van der Waals surface area contributed by atoms with Crippen molar-refractivity contribution in [2.75, 3.05) is 12.4 Å². The van der Waals surface area contributed by atoms with Gasteiger partial charge in [0.15, 0.2) is 0 Å². The maximum Gasteiger partial charge on any atom is 0.259 e. The number of nitrogens with one attached hydrogen (secondary N) is 1. The molecule has 2 rings (SSSR count). The number of rotatable bonds is 3. The van der Waals surface area contributed by atoms with E-state index in [2.05, 4.69) is 21.2 Å². The Kier molecular flexibility index (Phi) is 4.14. The van der Waals surface area contributed by atoms with Crippen LogP contribution in [0.4, 0.5) is 5.69 Å². The second-order valence-electron chi connectivity index (χ2n) is 4.04. The zero-order chi connectivity index (χ0) is 14.7. The zero-order valence-corrected chi connectivity index (χ0v) is 12.1. The molecule has 0 aliphatic rings. The quantitative estimate of drug-likeness (QED) is 0.803. The van der Waals surface area contributed by atoms with Crippen LogP contribution in [0.15, 0.2) is 40.9 Å². The monoisotopic (exact) mass is 337 g/mol. The summed E-state index contributed by atoms with van der Waals surface area (Å²) in [5, 5.41) is 21.5. The second-order valence-corrected chi connectivity index (χ2v) is 4.95. The van der Waals surface area contributed by atoms with Crippen molar-refractivity contribution in [2.45, 2.75) is 0 Å². The van der Waals surface area contributed by atoms with Crippen LogP contribution in [0.5, 0.6) is 17.2 Å². The highest BCUT2D eigenvalue weighted by Gasteiger charge is 2.12. The predicted octanol–water partition coefficient (Wildman–Crippen LogP) is 3.12. The number of hydrogen-bond acceptors (Lipinski definition) is 4. The zero-order valence-electron chi connectivity index (χ0n) is 10.6. The number of carbonyl (C=O) groups excluding carboxylic acids is 1. The number of phenolic OH excluding ortho intramolecular Hbond substituents is 2. The molecular weight excluding hydrogens is 326 g/mol. The normalized spacial score (nSPS) is 10.1. The van der Waals surface area contributed by atoms with Crippen molar-refractivity contribution < 1.29 is 19.7 Å². The summed E-state index contributed by atoms with van der Waals surface area (Å²) in [6, 6.07) is 8.90. The molecule has 20 heavy (non-hydrogen) atoms. The minimum atomic E-state index is -0.484. The van der Waals surface area contributed by atoms with Crippen molar-refractivity contribution in [1.82, 2.24) is 0 Å². The molecule has 0 aromatic heterocycles. The molecular formula is C14H12BrNO4. The molecule has 0 fully saturated rings. The first-order valence-electron chi connectivity index (χ1n) is 5.67. The molecule has 0 saturated heterocycles. The van der Waals surface area contributed by atoms with E-state index in [0.29, 0.717) is 11.4 Å². The Hall–Kier alpha value is -2.21. The van der Waals surface area contributed by atoms with Crippen molar-refractivity contribution in [3.8, 4) is 17.2 Å². The standard InChI is InChI=1S/C14H12BrNO4/c1-20-11-5-8(15)4-9(6-11)16-14(19)12-3-2-10(17)7-13(12)18/h2-7,17-18H,1H3,(H,16,19). The number of carbonyl (C=O) groups is 1. The minimum Gasteiger partial charge on any atom is -0.508 e. The van der Waals surface area contributed by atoms with Crippen molar-refractivity contribution in [2.24, 2.45) is 0 Å². The van der Waals surface area contributed by atoms with Crippen LogP contribution in [0, 0.1) is 0 Å². The van der Waals surface area contributed by atoms with Gasteiger partial charge in [0.05, 0.1) is 12.7 Å². The van der Waals surface area contributed by atoms with Crippen LogP contribution in [0.2, 0.25) is 0 Å². The highest BCUT2D eigenvalue weighted by molar-refractivity contribution is 9.10. The van der Waals surface area contributed by atoms with Crippen molar-refractivity contribution in [3.05, 3.63) is 46.4 Å². The molecule has 2 aromatic carbocycles. The average molecular weight is 338 g/mol. The SMILES string of the molecule is COc1cc(Br)cc(NC(=O)c2ccc(O)cc2O)c1. The fraction of sp³-hybridized carbons (Fsp3) is 0.0714. The van der Waals surface area contributed by atoms with Gasteiger partial charge in [-0.05, 0) is 24.3 Å². The fourth-order valence-corrected chi connectivity index (χ4v) is 2.14. The maximum absolute atomic E-state index is 12.0. The Labute approximate surface area is 123 Å². The molecule has 104 valence electrons. The summed E-state index contributed by atoms with van der Waals surface area (Å²) in [5.74, 6) is -0.292. The van der Waals surface area contributed by atoms with Crippen LogP contribution in [0.3, 0.4) is 0 Å². The Balaban J connectivity index is 2.25. The lowest BCUT2D eigenvalue weighted by Gasteiger charge is -2.09. The third-order valence-electron chi connectivity index (χ3n) is 2.59. The van der Waals surface area contributed by atoms with E-state index in [1.807, 2.05) is 0 Å². The van der Waals surface area contributed by atoms with Crippen LogP contribution < -0.4 is 10.1 Å². The average Bonchev–Trinajstić information content (AvgIpc) is 2.37. The maximum atomic E-state index is 12.0. The van der Waals surface area contributed by atoms with Crippen molar-refractivity contribution in [1.29, 1.82) is 0 Å². The third-order valence-corrected chi connectivity index (χ3v) is 3.05. The summed E-state index contributed by atoms with van der Waals surface area (Å²) in [6.07, 6.45) is 0. The van der Waals surface area contributed by atoms with E-state index in [4.69, 9.17) is 4.74 Å². The van der Waals surface area contributed by atoms with Gasteiger partial charge in [-0.1, -0.05) is 15.9 Å². The number of methoxy groups -OCH3 is 1. The van der Waals surface area contributed by atoms with Crippen molar-refractivity contribution in [3.63, 3.8) is 0 Å². The van der Waals surface area contributed by atoms with Gasteiger partial charge in [0.25, 0.3) is 5.91 Å². The van der Waals surface area contributed by atoms with Gasteiger partial charge in [0, 0.05) is 22.3 Å². The molecule has 0 saturated carbocycles. The molecule has 0 unspecified atom stereocenters. The van der Waals surface area contributed by atoms with Gasteiger partial charge in [-0.25, -0.2) is 0 Å². The first-order valence-corrected chi connectivity index (χ1v) is 6.47. The number of benzene rings is 2. The largest absolute Gasteiger partial charge is 0.508 e.